The number of anilines is 2. The first-order valence-electron chi connectivity index (χ1n) is 8.67. The molecule has 0 aliphatic heterocycles. The van der Waals surface area contributed by atoms with E-state index in [9.17, 15) is 9.59 Å². The van der Waals surface area contributed by atoms with Crippen molar-refractivity contribution in [3.63, 3.8) is 0 Å². The molecule has 0 radical (unpaired) electrons. The van der Waals surface area contributed by atoms with Crippen LogP contribution in [-0.2, 0) is 11.3 Å². The van der Waals surface area contributed by atoms with Gasteiger partial charge in [0.05, 0.1) is 12.7 Å². The van der Waals surface area contributed by atoms with Crippen molar-refractivity contribution in [2.45, 2.75) is 6.61 Å². The summed E-state index contributed by atoms with van der Waals surface area (Å²) in [4.78, 5) is 23.5. The van der Waals surface area contributed by atoms with Crippen molar-refractivity contribution in [2.75, 3.05) is 17.7 Å². The molecule has 3 rings (SSSR count). The molecule has 0 bridgehead atoms. The molecule has 142 valence electrons. The number of esters is 1. The van der Waals surface area contributed by atoms with E-state index in [1.54, 1.807) is 48.5 Å². The molecule has 0 fully saturated rings. The van der Waals surface area contributed by atoms with E-state index in [1.807, 2.05) is 30.3 Å². The van der Waals surface area contributed by atoms with Crippen molar-refractivity contribution in [1.82, 2.24) is 0 Å². The molecule has 0 unspecified atom stereocenters. The predicted octanol–water partition coefficient (Wildman–Crippen LogP) is 4.70. The Labute approximate surface area is 163 Å². The van der Waals surface area contributed by atoms with E-state index in [4.69, 9.17) is 4.74 Å². The summed E-state index contributed by atoms with van der Waals surface area (Å²) in [5, 5.41) is 5.45. The molecule has 28 heavy (non-hydrogen) atoms. The number of ether oxygens (including phenoxy) is 2. The minimum absolute atomic E-state index is 0.385. The summed E-state index contributed by atoms with van der Waals surface area (Å²) < 4.78 is 10.4. The Hall–Kier alpha value is -3.80. The van der Waals surface area contributed by atoms with Gasteiger partial charge in [-0.05, 0) is 54.1 Å². The van der Waals surface area contributed by atoms with Gasteiger partial charge < -0.3 is 20.1 Å². The fraction of sp³-hybridized carbons (Fsp3) is 0.0909. The van der Waals surface area contributed by atoms with Crippen molar-refractivity contribution in [2.24, 2.45) is 0 Å². The van der Waals surface area contributed by atoms with E-state index in [0.717, 1.165) is 5.56 Å². The summed E-state index contributed by atoms with van der Waals surface area (Å²) in [6.07, 6.45) is 0. The Morgan fingerprint density at radius 1 is 0.786 bits per heavy atom. The maximum atomic E-state index is 12.1. The van der Waals surface area contributed by atoms with Gasteiger partial charge in [0.1, 0.15) is 12.4 Å². The quantitative estimate of drug-likeness (QED) is 0.612. The van der Waals surface area contributed by atoms with Crippen molar-refractivity contribution in [3.8, 4) is 5.75 Å². The van der Waals surface area contributed by atoms with Gasteiger partial charge in [-0.1, -0.05) is 30.3 Å². The van der Waals surface area contributed by atoms with E-state index in [-0.39, 0.29) is 6.03 Å². The molecule has 0 heterocycles. The molecule has 6 heteroatoms. The van der Waals surface area contributed by atoms with E-state index >= 15 is 0 Å². The van der Waals surface area contributed by atoms with Crippen molar-refractivity contribution >= 4 is 23.4 Å². The van der Waals surface area contributed by atoms with Crippen LogP contribution in [0.3, 0.4) is 0 Å². The number of benzene rings is 3. The largest absolute Gasteiger partial charge is 0.489 e. The second kappa shape index (κ2) is 9.23. The minimum atomic E-state index is -0.425. The Balaban J connectivity index is 1.50. The number of carbonyl (C=O) groups excluding carboxylic acids is 2. The predicted molar refractivity (Wildman–Crippen MR) is 108 cm³/mol. The molecule has 6 nitrogen and oxygen atoms in total. The number of amides is 2. The Morgan fingerprint density at radius 3 is 1.93 bits per heavy atom. The van der Waals surface area contributed by atoms with Crippen molar-refractivity contribution in [1.29, 1.82) is 0 Å². The topological polar surface area (TPSA) is 76.7 Å². The van der Waals surface area contributed by atoms with Crippen LogP contribution in [0.5, 0.6) is 5.75 Å². The lowest BCUT2D eigenvalue weighted by molar-refractivity contribution is 0.0600. The second-order valence-electron chi connectivity index (χ2n) is 5.95. The summed E-state index contributed by atoms with van der Waals surface area (Å²) >= 11 is 0. The highest BCUT2D eigenvalue weighted by atomic mass is 16.5. The summed E-state index contributed by atoms with van der Waals surface area (Å²) in [5.41, 5.74) is 2.70. The van der Waals surface area contributed by atoms with Gasteiger partial charge in [-0.15, -0.1) is 0 Å². The lowest BCUT2D eigenvalue weighted by atomic mass is 10.2. The Morgan fingerprint density at radius 2 is 1.36 bits per heavy atom. The van der Waals surface area contributed by atoms with Crippen LogP contribution in [0.25, 0.3) is 0 Å². The lowest BCUT2D eigenvalue weighted by Crippen LogP contribution is -2.19. The van der Waals surface area contributed by atoms with Gasteiger partial charge in [-0.3, -0.25) is 0 Å². The van der Waals surface area contributed by atoms with Crippen LogP contribution in [0.4, 0.5) is 16.2 Å². The first kappa shape index (κ1) is 19.0. The maximum absolute atomic E-state index is 12.1. The molecule has 3 aromatic rings. The Bertz CT molecular complexity index is 923. The van der Waals surface area contributed by atoms with Crippen LogP contribution in [0, 0.1) is 0 Å². The number of hydrogen-bond acceptors (Lipinski definition) is 4. The van der Waals surface area contributed by atoms with Crippen LogP contribution in [0.2, 0.25) is 0 Å². The lowest BCUT2D eigenvalue weighted by Gasteiger charge is -2.10. The maximum Gasteiger partial charge on any atom is 0.337 e. The molecular formula is C22H20N2O4. The van der Waals surface area contributed by atoms with Crippen molar-refractivity contribution < 1.29 is 19.1 Å². The van der Waals surface area contributed by atoms with Gasteiger partial charge in [0.2, 0.25) is 0 Å². The first-order chi connectivity index (χ1) is 13.6. The van der Waals surface area contributed by atoms with E-state index in [0.29, 0.717) is 29.3 Å². The number of carbonyl (C=O) groups is 2. The van der Waals surface area contributed by atoms with E-state index in [1.165, 1.54) is 7.11 Å². The molecule has 2 N–H and O–H groups in total. The van der Waals surface area contributed by atoms with Gasteiger partial charge in [0, 0.05) is 11.4 Å². The summed E-state index contributed by atoms with van der Waals surface area (Å²) in [6.45, 7) is 0.482. The molecule has 0 aromatic heterocycles. The monoisotopic (exact) mass is 376 g/mol. The molecule has 0 aliphatic carbocycles. The fourth-order valence-electron chi connectivity index (χ4n) is 2.48. The van der Waals surface area contributed by atoms with Gasteiger partial charge in [0.15, 0.2) is 0 Å². The van der Waals surface area contributed by atoms with Crippen LogP contribution < -0.4 is 15.4 Å². The van der Waals surface area contributed by atoms with Crippen LogP contribution in [-0.4, -0.2) is 19.1 Å². The van der Waals surface area contributed by atoms with E-state index in [2.05, 4.69) is 15.4 Å². The third kappa shape index (κ3) is 5.35. The number of methoxy groups -OCH3 is 1. The summed E-state index contributed by atoms with van der Waals surface area (Å²) in [7, 11) is 1.32. The SMILES string of the molecule is COC(=O)c1ccc(NC(=O)Nc2ccc(OCc3ccccc3)cc2)cc1. The second-order valence-corrected chi connectivity index (χ2v) is 5.95. The summed E-state index contributed by atoms with van der Waals surface area (Å²) in [5.74, 6) is 0.291. The van der Waals surface area contributed by atoms with Crippen LogP contribution in [0.15, 0.2) is 78.9 Å². The highest BCUT2D eigenvalue weighted by Gasteiger charge is 2.07. The smallest absolute Gasteiger partial charge is 0.337 e. The normalized spacial score (nSPS) is 10.0. The van der Waals surface area contributed by atoms with Gasteiger partial charge in [-0.2, -0.15) is 0 Å². The average Bonchev–Trinajstić information content (AvgIpc) is 2.74. The zero-order valence-corrected chi connectivity index (χ0v) is 15.3. The number of nitrogens with one attached hydrogen (secondary N) is 2. The van der Waals surface area contributed by atoms with Crippen LogP contribution >= 0.6 is 0 Å². The number of rotatable bonds is 6. The average molecular weight is 376 g/mol. The van der Waals surface area contributed by atoms with Gasteiger partial charge in [0.25, 0.3) is 0 Å². The van der Waals surface area contributed by atoms with Crippen LogP contribution in [0.1, 0.15) is 15.9 Å². The van der Waals surface area contributed by atoms with Gasteiger partial charge >= 0.3 is 12.0 Å². The molecule has 2 amide bonds. The zero-order chi connectivity index (χ0) is 19.8. The Kier molecular flexibility index (Phi) is 6.25. The number of urea groups is 1. The molecular weight excluding hydrogens is 356 g/mol. The number of hydrogen-bond donors (Lipinski definition) is 2. The third-order valence-corrected chi connectivity index (χ3v) is 3.92. The van der Waals surface area contributed by atoms with E-state index < -0.39 is 5.97 Å². The molecule has 0 atom stereocenters. The zero-order valence-electron chi connectivity index (χ0n) is 15.3. The minimum Gasteiger partial charge on any atom is -0.489 e. The third-order valence-electron chi connectivity index (χ3n) is 3.92. The molecule has 0 spiro atoms. The highest BCUT2D eigenvalue weighted by molar-refractivity contribution is 6.00. The molecule has 3 aromatic carbocycles. The summed E-state index contributed by atoms with van der Waals surface area (Å²) in [6, 6.07) is 23.1. The molecule has 0 saturated heterocycles. The van der Waals surface area contributed by atoms with Crippen molar-refractivity contribution in [3.05, 3.63) is 90.0 Å². The van der Waals surface area contributed by atoms with Gasteiger partial charge in [-0.25, -0.2) is 9.59 Å². The molecule has 0 aliphatic rings. The highest BCUT2D eigenvalue weighted by Crippen LogP contribution is 2.18. The standard InChI is InChI=1S/C22H20N2O4/c1-27-21(25)17-7-9-18(10-8-17)23-22(26)24-19-11-13-20(14-12-19)28-15-16-5-3-2-4-6-16/h2-14H,15H2,1H3,(H2,23,24,26). The molecule has 0 saturated carbocycles. The fourth-order valence-corrected chi connectivity index (χ4v) is 2.48. The first-order valence-corrected chi connectivity index (χ1v) is 8.67.